The molecule has 3 rings (SSSR count). The topological polar surface area (TPSA) is 69.3 Å². The third kappa shape index (κ3) is 5.20. The Hall–Kier alpha value is -2.20. The number of aromatic nitrogens is 2. The number of ether oxygens (including phenoxy) is 1. The van der Waals surface area contributed by atoms with Crippen LogP contribution in [0.15, 0.2) is 40.8 Å². The Morgan fingerprint density at radius 1 is 1.21 bits per heavy atom. The molecule has 0 saturated heterocycles. The third-order valence-electron chi connectivity index (χ3n) is 4.09. The first-order valence-electron chi connectivity index (χ1n) is 8.64. The quantitative estimate of drug-likeness (QED) is 0.376. The van der Waals surface area contributed by atoms with Gasteiger partial charge in [-0.3, -0.25) is 4.79 Å². The summed E-state index contributed by atoms with van der Waals surface area (Å²) in [5.74, 6) is 0.812. The number of carbonyl (C=O) groups is 1. The normalized spacial score (nSPS) is 10.7. The number of nitrogens with one attached hydrogen (secondary N) is 1. The molecule has 0 aliphatic rings. The first-order valence-corrected chi connectivity index (χ1v) is 10.1. The summed E-state index contributed by atoms with van der Waals surface area (Å²) in [4.78, 5) is 12.6. The molecule has 0 atom stereocenters. The second-order valence-corrected chi connectivity index (χ2v) is 8.08. The molecule has 0 spiro atoms. The highest BCUT2D eigenvalue weighted by atomic mass is 127. The highest BCUT2D eigenvalue weighted by molar-refractivity contribution is 14.1. The molecule has 6 nitrogen and oxygen atoms in total. The number of hydrogen-bond acceptors (Lipinski definition) is 5. The maximum atomic E-state index is 12.5. The van der Waals surface area contributed by atoms with E-state index in [0.717, 1.165) is 25.9 Å². The fourth-order valence-electron chi connectivity index (χ4n) is 2.71. The molecular formula is C20H20IN3O3S. The molecule has 1 amide bonds. The van der Waals surface area contributed by atoms with Crippen molar-refractivity contribution in [1.29, 1.82) is 0 Å². The highest BCUT2D eigenvalue weighted by Crippen LogP contribution is 2.23. The molecule has 0 saturated carbocycles. The lowest BCUT2D eigenvalue weighted by atomic mass is 10.1. The molecule has 146 valence electrons. The Balaban J connectivity index is 1.64. The molecule has 0 aliphatic heterocycles. The molecule has 3 aromatic rings. The van der Waals surface area contributed by atoms with Crippen LogP contribution in [-0.2, 0) is 17.9 Å². The minimum absolute atomic E-state index is 0.0300. The van der Waals surface area contributed by atoms with E-state index in [1.54, 1.807) is 0 Å². The number of rotatable bonds is 6. The second-order valence-electron chi connectivity index (χ2n) is 6.48. The molecule has 0 bridgehead atoms. The molecule has 0 aliphatic carbocycles. The van der Waals surface area contributed by atoms with Crippen LogP contribution in [0.2, 0.25) is 0 Å². The fraction of sp³-hybridized carbons (Fsp3) is 0.250. The zero-order chi connectivity index (χ0) is 20.3. The molecule has 0 radical (unpaired) electrons. The van der Waals surface area contributed by atoms with Gasteiger partial charge in [0.2, 0.25) is 5.91 Å². The van der Waals surface area contributed by atoms with Gasteiger partial charge >= 0.3 is 0 Å². The van der Waals surface area contributed by atoms with Crippen molar-refractivity contribution in [2.24, 2.45) is 0 Å². The first-order chi connectivity index (χ1) is 13.3. The van der Waals surface area contributed by atoms with Gasteiger partial charge in [0.25, 0.3) is 10.7 Å². The van der Waals surface area contributed by atoms with Crippen LogP contribution in [0.25, 0.3) is 0 Å². The largest absolute Gasteiger partial charge is 0.484 e. The summed E-state index contributed by atoms with van der Waals surface area (Å²) in [6, 6.07) is 11.7. The summed E-state index contributed by atoms with van der Waals surface area (Å²) in [5.41, 5.74) is 3.98. The Bertz CT molecular complexity index is 1030. The average Bonchev–Trinajstić information content (AvgIpc) is 2.97. The minimum Gasteiger partial charge on any atom is -0.484 e. The predicted molar refractivity (Wildman–Crippen MR) is 118 cm³/mol. The number of benzene rings is 2. The summed E-state index contributed by atoms with van der Waals surface area (Å²) < 4.78 is 13.6. The number of carbonyl (C=O) groups excluding carboxylic acids is 1. The molecule has 2 aromatic carbocycles. The standard InChI is InChI=1S/C20H20IN3O3S/c1-12-4-6-16(7-5-12)26-11-18-23-24(20(28)27-18)10-17(25)22-19-13(2)8-15(21)9-14(19)3/h4-9H,10-11H2,1-3H3,(H,22,25). The Labute approximate surface area is 182 Å². The van der Waals surface area contributed by atoms with E-state index in [1.807, 2.05) is 57.2 Å². The van der Waals surface area contributed by atoms with Crippen LogP contribution < -0.4 is 10.1 Å². The van der Waals surface area contributed by atoms with Crippen molar-refractivity contribution in [2.45, 2.75) is 33.9 Å². The van der Waals surface area contributed by atoms with E-state index in [9.17, 15) is 4.79 Å². The van der Waals surface area contributed by atoms with E-state index in [0.29, 0.717) is 11.6 Å². The first kappa shape index (κ1) is 20.5. The van der Waals surface area contributed by atoms with Crippen LogP contribution in [0.4, 0.5) is 5.69 Å². The second kappa shape index (κ2) is 8.87. The molecule has 1 heterocycles. The molecule has 1 aromatic heterocycles. The van der Waals surface area contributed by atoms with Crippen molar-refractivity contribution in [1.82, 2.24) is 9.78 Å². The zero-order valence-corrected chi connectivity index (χ0v) is 18.8. The maximum absolute atomic E-state index is 12.5. The Morgan fingerprint density at radius 3 is 2.50 bits per heavy atom. The van der Waals surface area contributed by atoms with Crippen LogP contribution in [0.3, 0.4) is 0 Å². The van der Waals surface area contributed by atoms with Gasteiger partial charge in [-0.2, -0.15) is 0 Å². The van der Waals surface area contributed by atoms with Gasteiger partial charge in [0.15, 0.2) is 6.61 Å². The van der Waals surface area contributed by atoms with Gasteiger partial charge in [-0.15, -0.1) is 5.10 Å². The molecule has 1 N–H and O–H groups in total. The molecular weight excluding hydrogens is 489 g/mol. The van der Waals surface area contributed by atoms with Gasteiger partial charge in [0.1, 0.15) is 12.3 Å². The average molecular weight is 509 g/mol. The van der Waals surface area contributed by atoms with Crippen LogP contribution in [0.5, 0.6) is 5.75 Å². The molecule has 0 fully saturated rings. The monoisotopic (exact) mass is 509 g/mol. The van der Waals surface area contributed by atoms with Crippen molar-refractivity contribution in [3.63, 3.8) is 0 Å². The van der Waals surface area contributed by atoms with Crippen molar-refractivity contribution < 1.29 is 13.9 Å². The van der Waals surface area contributed by atoms with Gasteiger partial charge in [0, 0.05) is 9.26 Å². The zero-order valence-electron chi connectivity index (χ0n) is 15.8. The number of anilines is 1. The SMILES string of the molecule is Cc1ccc(OCc2nn(CC(=O)Nc3c(C)cc(I)cc3C)c(=S)o2)cc1. The van der Waals surface area contributed by atoms with E-state index in [2.05, 4.69) is 33.0 Å². The third-order valence-corrected chi connectivity index (χ3v) is 5.00. The van der Waals surface area contributed by atoms with Crippen molar-refractivity contribution in [3.05, 3.63) is 67.4 Å². The van der Waals surface area contributed by atoms with Crippen LogP contribution in [0, 0.1) is 29.2 Å². The number of halogens is 1. The number of nitrogens with zero attached hydrogens (tertiary/aromatic N) is 2. The summed E-state index contributed by atoms with van der Waals surface area (Å²) in [7, 11) is 0. The van der Waals surface area contributed by atoms with E-state index in [-0.39, 0.29) is 23.9 Å². The number of hydrogen-bond donors (Lipinski definition) is 1. The molecule has 0 unspecified atom stereocenters. The van der Waals surface area contributed by atoms with Crippen LogP contribution in [0.1, 0.15) is 22.6 Å². The smallest absolute Gasteiger partial charge is 0.287 e. The summed E-state index contributed by atoms with van der Waals surface area (Å²) in [6.45, 7) is 6.04. The van der Waals surface area contributed by atoms with E-state index in [4.69, 9.17) is 21.4 Å². The van der Waals surface area contributed by atoms with Crippen molar-refractivity contribution >= 4 is 46.4 Å². The fourth-order valence-corrected chi connectivity index (χ4v) is 3.85. The summed E-state index contributed by atoms with van der Waals surface area (Å²) >= 11 is 7.43. The highest BCUT2D eigenvalue weighted by Gasteiger charge is 2.13. The van der Waals surface area contributed by atoms with E-state index >= 15 is 0 Å². The van der Waals surface area contributed by atoms with Crippen LogP contribution in [-0.4, -0.2) is 15.7 Å². The summed E-state index contributed by atoms with van der Waals surface area (Å²) in [5, 5.41) is 7.17. The minimum atomic E-state index is -0.220. The van der Waals surface area contributed by atoms with E-state index < -0.39 is 0 Å². The Kier molecular flexibility index (Phi) is 6.50. The lowest BCUT2D eigenvalue weighted by molar-refractivity contribution is -0.117. The van der Waals surface area contributed by atoms with Gasteiger partial charge in [0.05, 0.1) is 0 Å². The number of aryl methyl sites for hydroxylation is 3. The maximum Gasteiger partial charge on any atom is 0.287 e. The van der Waals surface area contributed by atoms with Gasteiger partial charge in [-0.25, -0.2) is 4.68 Å². The lowest BCUT2D eigenvalue weighted by Gasteiger charge is -2.12. The Morgan fingerprint density at radius 2 is 1.86 bits per heavy atom. The van der Waals surface area contributed by atoms with Crippen LogP contribution >= 0.6 is 34.8 Å². The van der Waals surface area contributed by atoms with Crippen molar-refractivity contribution in [3.8, 4) is 5.75 Å². The summed E-state index contributed by atoms with van der Waals surface area (Å²) in [6.07, 6.45) is 0. The van der Waals surface area contributed by atoms with E-state index in [1.165, 1.54) is 4.68 Å². The predicted octanol–water partition coefficient (Wildman–Crippen LogP) is 4.95. The lowest BCUT2D eigenvalue weighted by Crippen LogP contribution is -2.21. The van der Waals surface area contributed by atoms with Crippen molar-refractivity contribution in [2.75, 3.05) is 5.32 Å². The van der Waals surface area contributed by atoms with Gasteiger partial charge in [-0.05, 0) is 91.0 Å². The molecule has 8 heteroatoms. The van der Waals surface area contributed by atoms with Gasteiger partial charge < -0.3 is 14.5 Å². The molecule has 28 heavy (non-hydrogen) atoms. The number of amides is 1. The van der Waals surface area contributed by atoms with Gasteiger partial charge in [-0.1, -0.05) is 17.7 Å².